The molecule has 216 valence electrons. The molecule has 4 aromatic rings. The van der Waals surface area contributed by atoms with Crippen molar-refractivity contribution in [2.24, 2.45) is 0 Å². The summed E-state index contributed by atoms with van der Waals surface area (Å²) in [6, 6.07) is 37.6. The van der Waals surface area contributed by atoms with E-state index in [0.29, 0.717) is 48.7 Å². The van der Waals surface area contributed by atoms with E-state index in [-0.39, 0.29) is 11.5 Å². The van der Waals surface area contributed by atoms with Crippen LogP contribution in [0.5, 0.6) is 23.0 Å². The zero-order valence-electron chi connectivity index (χ0n) is 23.6. The Hall–Kier alpha value is -3.97. The molecule has 0 aromatic heterocycles. The molecule has 4 rings (SSSR count). The lowest BCUT2D eigenvalue weighted by Crippen LogP contribution is -2.40. The van der Waals surface area contributed by atoms with Crippen LogP contribution in [0.2, 0.25) is 0 Å². The van der Waals surface area contributed by atoms with E-state index < -0.39 is 21.4 Å². The van der Waals surface area contributed by atoms with E-state index in [1.54, 1.807) is 0 Å². The lowest BCUT2D eigenvalue weighted by molar-refractivity contribution is -0.104. The lowest BCUT2D eigenvalue weighted by Gasteiger charge is -2.32. The zero-order valence-corrected chi connectivity index (χ0v) is 24.5. The normalized spacial score (nSPS) is 12.0. The quantitative estimate of drug-likeness (QED) is 0.128. The van der Waals surface area contributed by atoms with Gasteiger partial charge in [0, 0.05) is 26.7 Å². The fourth-order valence-electron chi connectivity index (χ4n) is 4.53. The SMILES string of the molecule is CC(CCCS(=O)(=O)CCCC(C)(Oc1ccccc1)Oc1ccccc1)(Oc1ccccc1)Oc1ccccc1. The molecule has 0 N–H and O–H groups in total. The van der Waals surface area contributed by atoms with E-state index in [0.717, 1.165) is 0 Å². The molecule has 0 aliphatic carbocycles. The van der Waals surface area contributed by atoms with E-state index in [9.17, 15) is 8.42 Å². The molecule has 0 saturated carbocycles. The van der Waals surface area contributed by atoms with E-state index in [2.05, 4.69) is 0 Å². The zero-order chi connectivity index (χ0) is 29.0. The number of para-hydroxylation sites is 4. The topological polar surface area (TPSA) is 71.1 Å². The molecule has 0 aliphatic heterocycles. The van der Waals surface area contributed by atoms with Gasteiger partial charge in [-0.1, -0.05) is 72.8 Å². The Morgan fingerprint density at radius 2 is 0.707 bits per heavy atom. The van der Waals surface area contributed by atoms with Crippen molar-refractivity contribution in [1.29, 1.82) is 0 Å². The first-order valence-corrected chi connectivity index (χ1v) is 15.7. The van der Waals surface area contributed by atoms with Gasteiger partial charge in [-0.05, 0) is 61.4 Å². The Balaban J connectivity index is 1.35. The first-order chi connectivity index (χ1) is 19.7. The van der Waals surface area contributed by atoms with Crippen LogP contribution >= 0.6 is 0 Å². The molecule has 0 bridgehead atoms. The average Bonchev–Trinajstić information content (AvgIpc) is 2.95. The van der Waals surface area contributed by atoms with Crippen molar-refractivity contribution in [1.82, 2.24) is 0 Å². The van der Waals surface area contributed by atoms with Crippen LogP contribution < -0.4 is 18.9 Å². The highest BCUT2D eigenvalue weighted by Crippen LogP contribution is 2.29. The molecular weight excluding hydrogens is 536 g/mol. The van der Waals surface area contributed by atoms with Gasteiger partial charge >= 0.3 is 0 Å². The van der Waals surface area contributed by atoms with Gasteiger partial charge in [0.2, 0.25) is 11.6 Å². The Labute approximate surface area is 243 Å². The Kier molecular flexibility index (Phi) is 10.3. The van der Waals surface area contributed by atoms with E-state index in [1.165, 1.54) is 0 Å². The molecule has 0 spiro atoms. The van der Waals surface area contributed by atoms with Gasteiger partial charge in [0.1, 0.15) is 32.8 Å². The molecule has 0 unspecified atom stereocenters. The summed E-state index contributed by atoms with van der Waals surface area (Å²) in [4.78, 5) is 0. The predicted molar refractivity (Wildman–Crippen MR) is 162 cm³/mol. The van der Waals surface area contributed by atoms with Crippen LogP contribution in [0.3, 0.4) is 0 Å². The number of sulfone groups is 1. The lowest BCUT2D eigenvalue weighted by atomic mass is 10.1. The average molecular weight is 575 g/mol. The number of hydrogen-bond donors (Lipinski definition) is 0. The van der Waals surface area contributed by atoms with Crippen LogP contribution in [0, 0.1) is 0 Å². The monoisotopic (exact) mass is 574 g/mol. The van der Waals surface area contributed by atoms with Crippen LogP contribution in [0.4, 0.5) is 0 Å². The summed E-state index contributed by atoms with van der Waals surface area (Å²) in [5.74, 6) is 0.599. The molecule has 6 nitrogen and oxygen atoms in total. The maximum atomic E-state index is 13.1. The third-order valence-electron chi connectivity index (χ3n) is 6.48. The molecule has 0 fully saturated rings. The third kappa shape index (κ3) is 10.2. The fourth-order valence-corrected chi connectivity index (χ4v) is 5.90. The largest absolute Gasteiger partial charge is 0.453 e. The standard InChI is InChI=1S/C34H38O6S/c1-33(37-29-17-7-3-8-18-29,38-30-19-9-4-10-20-30)25-15-27-41(35,36)28-16-26-34(2,39-31-21-11-5-12-22-31)40-32-23-13-6-14-24-32/h3-14,17-24H,15-16,25-28H2,1-2H3. The molecular formula is C34H38O6S. The fraction of sp³-hybridized carbons (Fsp3) is 0.294. The molecule has 41 heavy (non-hydrogen) atoms. The van der Waals surface area contributed by atoms with Gasteiger partial charge in [0.05, 0.1) is 11.5 Å². The van der Waals surface area contributed by atoms with Crippen molar-refractivity contribution in [2.75, 3.05) is 11.5 Å². The molecule has 7 heteroatoms. The van der Waals surface area contributed by atoms with Crippen molar-refractivity contribution in [3.8, 4) is 23.0 Å². The summed E-state index contributed by atoms with van der Waals surface area (Å²) >= 11 is 0. The van der Waals surface area contributed by atoms with Gasteiger partial charge in [-0.15, -0.1) is 0 Å². The van der Waals surface area contributed by atoms with Gasteiger partial charge < -0.3 is 18.9 Å². The highest BCUT2D eigenvalue weighted by Gasteiger charge is 2.31. The molecule has 0 atom stereocenters. The number of hydrogen-bond acceptors (Lipinski definition) is 6. The second kappa shape index (κ2) is 14.1. The summed E-state index contributed by atoms with van der Waals surface area (Å²) < 4.78 is 51.0. The smallest absolute Gasteiger partial charge is 0.248 e. The Bertz CT molecular complexity index is 1220. The maximum Gasteiger partial charge on any atom is 0.248 e. The molecule has 0 heterocycles. The minimum atomic E-state index is -3.34. The van der Waals surface area contributed by atoms with Crippen molar-refractivity contribution in [3.05, 3.63) is 121 Å². The van der Waals surface area contributed by atoms with Crippen molar-refractivity contribution < 1.29 is 27.4 Å². The van der Waals surface area contributed by atoms with E-state index >= 15 is 0 Å². The summed E-state index contributed by atoms with van der Waals surface area (Å²) in [7, 11) is -3.34. The van der Waals surface area contributed by atoms with Crippen molar-refractivity contribution in [2.45, 2.75) is 51.1 Å². The molecule has 0 saturated heterocycles. The van der Waals surface area contributed by atoms with Gasteiger partial charge in [-0.3, -0.25) is 0 Å². The summed E-state index contributed by atoms with van der Waals surface area (Å²) in [6.07, 6.45) is 1.55. The summed E-state index contributed by atoms with van der Waals surface area (Å²) in [6.45, 7) is 3.68. The highest BCUT2D eigenvalue weighted by atomic mass is 32.2. The van der Waals surface area contributed by atoms with Crippen LogP contribution in [-0.2, 0) is 9.84 Å². The van der Waals surface area contributed by atoms with Gasteiger partial charge in [-0.2, -0.15) is 0 Å². The Morgan fingerprint density at radius 3 is 0.951 bits per heavy atom. The van der Waals surface area contributed by atoms with Crippen LogP contribution in [-0.4, -0.2) is 31.5 Å². The Morgan fingerprint density at radius 1 is 0.463 bits per heavy atom. The number of rotatable bonds is 16. The second-order valence-corrected chi connectivity index (χ2v) is 12.6. The maximum absolute atomic E-state index is 13.1. The first-order valence-electron chi connectivity index (χ1n) is 13.9. The van der Waals surface area contributed by atoms with Crippen LogP contribution in [0.15, 0.2) is 121 Å². The van der Waals surface area contributed by atoms with E-state index in [1.807, 2.05) is 135 Å². The number of benzene rings is 4. The van der Waals surface area contributed by atoms with Crippen LogP contribution in [0.1, 0.15) is 39.5 Å². The molecule has 0 aliphatic rings. The van der Waals surface area contributed by atoms with E-state index in [4.69, 9.17) is 18.9 Å². The summed E-state index contributed by atoms with van der Waals surface area (Å²) in [5, 5.41) is 0. The minimum Gasteiger partial charge on any atom is -0.453 e. The van der Waals surface area contributed by atoms with Gasteiger partial charge in [0.15, 0.2) is 0 Å². The third-order valence-corrected chi connectivity index (χ3v) is 8.30. The van der Waals surface area contributed by atoms with Crippen molar-refractivity contribution in [3.63, 3.8) is 0 Å². The van der Waals surface area contributed by atoms with Crippen LogP contribution in [0.25, 0.3) is 0 Å². The highest BCUT2D eigenvalue weighted by molar-refractivity contribution is 7.91. The first kappa shape index (κ1) is 30.0. The van der Waals surface area contributed by atoms with Crippen molar-refractivity contribution >= 4 is 9.84 Å². The molecule has 4 aromatic carbocycles. The van der Waals surface area contributed by atoms with Gasteiger partial charge in [0.25, 0.3) is 0 Å². The predicted octanol–water partition coefficient (Wildman–Crippen LogP) is 7.71. The minimum absolute atomic E-state index is 0.0225. The molecule has 0 amide bonds. The number of ether oxygens (including phenoxy) is 4. The second-order valence-electron chi connectivity index (χ2n) is 10.3. The summed E-state index contributed by atoms with van der Waals surface area (Å²) in [5.41, 5.74) is 0. The van der Waals surface area contributed by atoms with Gasteiger partial charge in [-0.25, -0.2) is 8.42 Å². The molecule has 0 radical (unpaired) electrons.